The number of ketones is 1. The number of amides is 1. The highest BCUT2D eigenvalue weighted by molar-refractivity contribution is 6.34. The van der Waals surface area contributed by atoms with Crippen LogP contribution >= 0.6 is 11.6 Å². The maximum atomic E-state index is 13.4. The second-order valence-corrected chi connectivity index (χ2v) is 4.96. The number of rotatable bonds is 3. The minimum Gasteiger partial charge on any atom is -0.310 e. The summed E-state index contributed by atoms with van der Waals surface area (Å²) in [6.07, 6.45) is 1.62. The highest BCUT2D eigenvalue weighted by Gasteiger charge is 2.34. The van der Waals surface area contributed by atoms with Gasteiger partial charge in [-0.2, -0.15) is 0 Å². The summed E-state index contributed by atoms with van der Waals surface area (Å²) in [5.74, 6) is -1.51. The Morgan fingerprint density at radius 3 is 2.95 bits per heavy atom. The van der Waals surface area contributed by atoms with E-state index in [0.29, 0.717) is 25.1 Å². The lowest BCUT2D eigenvalue weighted by Gasteiger charge is -2.32. The van der Waals surface area contributed by atoms with Crippen LogP contribution in [-0.4, -0.2) is 18.2 Å². The Hall–Kier alpha value is -1.42. The molecule has 0 saturated carbocycles. The predicted molar refractivity (Wildman–Crippen MR) is 71.8 cm³/mol. The average Bonchev–Trinajstić information content (AvgIpc) is 2.42. The van der Waals surface area contributed by atoms with E-state index in [1.165, 1.54) is 17.0 Å². The monoisotopic (exact) mass is 283 g/mol. The quantitative estimate of drug-likeness (QED) is 0.799. The highest BCUT2D eigenvalue weighted by Crippen LogP contribution is 2.32. The number of benzene rings is 1. The number of carbonyl (C=O) groups is 2. The smallest absolute Gasteiger partial charge is 0.237 e. The van der Waals surface area contributed by atoms with E-state index in [0.717, 1.165) is 6.42 Å². The lowest BCUT2D eigenvalue weighted by atomic mass is 9.91. The van der Waals surface area contributed by atoms with Crippen molar-refractivity contribution >= 4 is 29.0 Å². The summed E-state index contributed by atoms with van der Waals surface area (Å²) in [6.45, 7) is 2.21. The fraction of sp³-hybridized carbons (Fsp3) is 0.429. The molecule has 1 aliphatic heterocycles. The van der Waals surface area contributed by atoms with Gasteiger partial charge in [0.25, 0.3) is 0 Å². The van der Waals surface area contributed by atoms with Gasteiger partial charge in [0.15, 0.2) is 0 Å². The summed E-state index contributed by atoms with van der Waals surface area (Å²) in [5.41, 5.74) is 0.347. The Morgan fingerprint density at radius 2 is 2.26 bits per heavy atom. The van der Waals surface area contributed by atoms with Crippen molar-refractivity contribution in [1.82, 2.24) is 0 Å². The second kappa shape index (κ2) is 5.70. The molecule has 1 aromatic carbocycles. The molecule has 102 valence electrons. The van der Waals surface area contributed by atoms with E-state index in [9.17, 15) is 14.0 Å². The molecule has 0 N–H and O–H groups in total. The molecule has 3 nitrogen and oxygen atoms in total. The molecule has 0 aromatic heterocycles. The van der Waals surface area contributed by atoms with Gasteiger partial charge in [-0.1, -0.05) is 24.6 Å². The normalized spacial score (nSPS) is 19.6. The molecule has 0 spiro atoms. The van der Waals surface area contributed by atoms with Gasteiger partial charge in [0.1, 0.15) is 16.6 Å². The van der Waals surface area contributed by atoms with Gasteiger partial charge in [-0.3, -0.25) is 9.59 Å². The third kappa shape index (κ3) is 2.63. The number of nitrogens with zero attached hydrogens (tertiary/aromatic N) is 1. The van der Waals surface area contributed by atoms with Gasteiger partial charge in [0, 0.05) is 13.0 Å². The molecule has 1 unspecified atom stereocenters. The summed E-state index contributed by atoms with van der Waals surface area (Å²) in [5, 5.41) is -0.0690. The molecular weight excluding hydrogens is 269 g/mol. The maximum Gasteiger partial charge on any atom is 0.237 e. The Labute approximate surface area is 116 Å². The second-order valence-electron chi connectivity index (χ2n) is 4.58. The number of anilines is 1. The first-order valence-corrected chi connectivity index (χ1v) is 6.72. The minimum atomic E-state index is -0.613. The van der Waals surface area contributed by atoms with E-state index < -0.39 is 11.7 Å². The highest BCUT2D eigenvalue weighted by atomic mass is 35.5. The SMILES string of the molecule is CCC(=O)C1CCCN(c2cccc(F)c2Cl)C1=O. The minimum absolute atomic E-state index is 0.0674. The molecule has 1 fully saturated rings. The number of piperidine rings is 1. The van der Waals surface area contributed by atoms with Crippen molar-refractivity contribution in [2.24, 2.45) is 5.92 Å². The van der Waals surface area contributed by atoms with Gasteiger partial charge in [-0.05, 0) is 25.0 Å². The number of hydrogen-bond donors (Lipinski definition) is 0. The molecule has 1 aromatic rings. The molecule has 1 saturated heterocycles. The third-order valence-corrected chi connectivity index (χ3v) is 3.77. The molecule has 5 heteroatoms. The first kappa shape index (κ1) is 14.0. The summed E-state index contributed by atoms with van der Waals surface area (Å²) < 4.78 is 13.4. The summed E-state index contributed by atoms with van der Waals surface area (Å²) >= 11 is 5.90. The van der Waals surface area contributed by atoms with E-state index in [1.54, 1.807) is 13.0 Å². The zero-order valence-corrected chi connectivity index (χ0v) is 11.4. The zero-order chi connectivity index (χ0) is 14.0. The summed E-state index contributed by atoms with van der Waals surface area (Å²) in [6, 6.07) is 4.35. The van der Waals surface area contributed by atoms with Crippen LogP contribution in [0.25, 0.3) is 0 Å². The molecule has 1 amide bonds. The Bertz CT molecular complexity index is 518. The first-order valence-electron chi connectivity index (χ1n) is 6.34. The van der Waals surface area contributed by atoms with Gasteiger partial charge in [-0.15, -0.1) is 0 Å². The predicted octanol–water partition coefficient (Wildman–Crippen LogP) is 3.20. The fourth-order valence-corrected chi connectivity index (χ4v) is 2.59. The van der Waals surface area contributed by atoms with Gasteiger partial charge in [0.2, 0.25) is 5.91 Å². The standard InChI is InChI=1S/C14H15ClFNO2/c1-2-12(18)9-5-4-8-17(14(9)19)11-7-3-6-10(16)13(11)15/h3,6-7,9H,2,4-5,8H2,1H3. The van der Waals surface area contributed by atoms with E-state index in [2.05, 4.69) is 0 Å². The molecular formula is C14H15ClFNO2. The molecule has 1 aliphatic rings. The molecule has 19 heavy (non-hydrogen) atoms. The number of hydrogen-bond acceptors (Lipinski definition) is 2. The largest absolute Gasteiger partial charge is 0.310 e. The molecule has 1 heterocycles. The van der Waals surface area contributed by atoms with Gasteiger partial charge < -0.3 is 4.90 Å². The van der Waals surface area contributed by atoms with E-state index in [1.807, 2.05) is 0 Å². The third-order valence-electron chi connectivity index (χ3n) is 3.40. The van der Waals surface area contributed by atoms with Crippen molar-refractivity contribution in [2.75, 3.05) is 11.4 Å². The molecule has 0 aliphatic carbocycles. The lowest BCUT2D eigenvalue weighted by Crippen LogP contribution is -2.44. The van der Waals surface area contributed by atoms with Crippen LogP contribution in [-0.2, 0) is 9.59 Å². The summed E-state index contributed by atoms with van der Waals surface area (Å²) in [7, 11) is 0. The van der Waals surface area contributed by atoms with Crippen LogP contribution in [0.5, 0.6) is 0 Å². The zero-order valence-electron chi connectivity index (χ0n) is 10.7. The number of Topliss-reactive ketones (excluding diaryl/α,β-unsaturated/α-hetero) is 1. The van der Waals surface area contributed by atoms with Gasteiger partial charge in [-0.25, -0.2) is 4.39 Å². The van der Waals surface area contributed by atoms with Crippen molar-refractivity contribution in [3.05, 3.63) is 29.0 Å². The van der Waals surface area contributed by atoms with Crippen LogP contribution in [0.2, 0.25) is 5.02 Å². The van der Waals surface area contributed by atoms with Gasteiger partial charge in [0.05, 0.1) is 11.6 Å². The lowest BCUT2D eigenvalue weighted by molar-refractivity contribution is -0.133. The van der Waals surface area contributed by atoms with Crippen molar-refractivity contribution in [1.29, 1.82) is 0 Å². The van der Waals surface area contributed by atoms with Crippen LogP contribution in [0.3, 0.4) is 0 Å². The van der Waals surface area contributed by atoms with Crippen molar-refractivity contribution < 1.29 is 14.0 Å². The van der Waals surface area contributed by atoms with Crippen LogP contribution < -0.4 is 4.90 Å². The van der Waals surface area contributed by atoms with Crippen molar-refractivity contribution in [3.63, 3.8) is 0 Å². The Kier molecular flexibility index (Phi) is 4.20. The van der Waals surface area contributed by atoms with E-state index >= 15 is 0 Å². The Balaban J connectivity index is 2.32. The van der Waals surface area contributed by atoms with E-state index in [4.69, 9.17) is 11.6 Å². The van der Waals surface area contributed by atoms with Gasteiger partial charge >= 0.3 is 0 Å². The fourth-order valence-electron chi connectivity index (χ4n) is 2.36. The van der Waals surface area contributed by atoms with Crippen LogP contribution in [0.1, 0.15) is 26.2 Å². The molecule has 1 atom stereocenters. The summed E-state index contributed by atoms with van der Waals surface area (Å²) in [4.78, 5) is 25.5. The van der Waals surface area contributed by atoms with Crippen LogP contribution in [0, 0.1) is 11.7 Å². The first-order chi connectivity index (χ1) is 9.06. The molecule has 0 radical (unpaired) electrons. The molecule has 2 rings (SSSR count). The number of carbonyl (C=O) groups excluding carboxylic acids is 2. The van der Waals surface area contributed by atoms with Crippen molar-refractivity contribution in [3.8, 4) is 0 Å². The Morgan fingerprint density at radius 1 is 1.53 bits per heavy atom. The van der Waals surface area contributed by atoms with Crippen LogP contribution in [0.4, 0.5) is 10.1 Å². The van der Waals surface area contributed by atoms with E-state index in [-0.39, 0.29) is 16.7 Å². The average molecular weight is 284 g/mol. The maximum absolute atomic E-state index is 13.4. The topological polar surface area (TPSA) is 37.4 Å². The van der Waals surface area contributed by atoms with Crippen molar-refractivity contribution in [2.45, 2.75) is 26.2 Å². The molecule has 0 bridgehead atoms. The number of halogens is 2. The van der Waals surface area contributed by atoms with Crippen LogP contribution in [0.15, 0.2) is 18.2 Å².